The van der Waals surface area contributed by atoms with E-state index in [0.29, 0.717) is 0 Å². The first-order chi connectivity index (χ1) is 15.9. The van der Waals surface area contributed by atoms with Gasteiger partial charge in [-0.3, -0.25) is 0 Å². The van der Waals surface area contributed by atoms with E-state index < -0.39 is 20.2 Å². The molecule has 2 aromatic rings. The molecule has 2 rings (SSSR count). The normalized spacial score (nSPS) is 10.9. The number of benzene rings is 2. The fourth-order valence-corrected chi connectivity index (χ4v) is 3.66. The molecule has 0 aliphatic rings. The van der Waals surface area contributed by atoms with Gasteiger partial charge in [0.25, 0.3) is 0 Å². The molecular formula is C24H42N2O6S2. The van der Waals surface area contributed by atoms with Gasteiger partial charge in [0, 0.05) is 0 Å². The summed E-state index contributed by atoms with van der Waals surface area (Å²) in [7, 11) is -8.51. The minimum Gasteiger partial charge on any atom is -0.744 e. The number of hydrogen-bond donors (Lipinski definition) is 2. The molecule has 0 amide bonds. The van der Waals surface area contributed by atoms with Crippen LogP contribution in [0.2, 0.25) is 0 Å². The van der Waals surface area contributed by atoms with Gasteiger partial charge >= 0.3 is 0 Å². The Labute approximate surface area is 207 Å². The van der Waals surface area contributed by atoms with Gasteiger partial charge in [-0.1, -0.05) is 36.4 Å². The molecule has 0 unspecified atom stereocenters. The van der Waals surface area contributed by atoms with E-state index in [4.69, 9.17) is 0 Å². The van der Waals surface area contributed by atoms with Crippen LogP contribution in [0.15, 0.2) is 70.5 Å². The topological polar surface area (TPSA) is 123 Å². The Morgan fingerprint density at radius 1 is 0.500 bits per heavy atom. The standard InChI is InChI=1S/2C6H15N.2C6H6O3S/c2*1-4-7(5-2)6-3;2*7-10(8,9)6-4-2-1-3-5-6/h2*4-6H2,1-3H3;2*1-5H,(H,7,8,9). The second kappa shape index (κ2) is 19.5. The zero-order valence-corrected chi connectivity index (χ0v) is 22.9. The van der Waals surface area contributed by atoms with Gasteiger partial charge in [0.1, 0.15) is 20.2 Å². The van der Waals surface area contributed by atoms with Crippen LogP contribution in [0.3, 0.4) is 0 Å². The summed E-state index contributed by atoms with van der Waals surface area (Å²) in [6, 6.07) is 14.4. The fraction of sp³-hybridized carbons (Fsp3) is 0.500. The highest BCUT2D eigenvalue weighted by molar-refractivity contribution is 7.86. The van der Waals surface area contributed by atoms with E-state index in [9.17, 15) is 25.9 Å². The number of rotatable bonds is 8. The number of hydrogen-bond acceptors (Lipinski definition) is 6. The van der Waals surface area contributed by atoms with E-state index in [1.807, 2.05) is 0 Å². The van der Waals surface area contributed by atoms with Gasteiger partial charge in [0.05, 0.1) is 49.1 Å². The average molecular weight is 519 g/mol. The number of quaternary nitrogens is 2. The fourth-order valence-electron chi connectivity index (χ4n) is 2.67. The third-order valence-electron chi connectivity index (χ3n) is 5.06. The first kappa shape index (κ1) is 34.3. The lowest BCUT2D eigenvalue weighted by Gasteiger charge is -2.10. The summed E-state index contributed by atoms with van der Waals surface area (Å²) in [5, 5.41) is 0. The Morgan fingerprint density at radius 2 is 0.706 bits per heavy atom. The first-order valence-corrected chi connectivity index (χ1v) is 14.4. The maximum atomic E-state index is 10.3. The van der Waals surface area contributed by atoms with E-state index in [2.05, 4.69) is 41.5 Å². The van der Waals surface area contributed by atoms with Crippen molar-refractivity contribution in [3.05, 3.63) is 60.7 Å². The first-order valence-electron chi connectivity index (χ1n) is 11.6. The zero-order valence-electron chi connectivity index (χ0n) is 21.3. The van der Waals surface area contributed by atoms with Gasteiger partial charge < -0.3 is 18.9 Å². The summed E-state index contributed by atoms with van der Waals surface area (Å²) >= 11 is 0. The molecule has 0 bridgehead atoms. The van der Waals surface area contributed by atoms with Crippen LogP contribution in [0.1, 0.15) is 41.5 Å². The lowest BCUT2D eigenvalue weighted by molar-refractivity contribution is -0.894. The van der Waals surface area contributed by atoms with E-state index in [1.54, 1.807) is 21.9 Å². The Morgan fingerprint density at radius 3 is 0.794 bits per heavy atom. The quantitative estimate of drug-likeness (QED) is 0.504. The van der Waals surface area contributed by atoms with Crippen molar-refractivity contribution >= 4 is 20.2 Å². The lowest BCUT2D eigenvalue weighted by atomic mass is 10.4. The predicted octanol–water partition coefficient (Wildman–Crippen LogP) is 1.04. The van der Waals surface area contributed by atoms with Gasteiger partial charge in [0.2, 0.25) is 0 Å². The van der Waals surface area contributed by atoms with E-state index in [-0.39, 0.29) is 9.79 Å². The summed E-state index contributed by atoms with van der Waals surface area (Å²) in [4.78, 5) is 2.99. The highest BCUT2D eigenvalue weighted by Crippen LogP contribution is 2.05. The molecule has 2 N–H and O–H groups in total. The molecule has 0 aromatic heterocycles. The molecule has 0 saturated heterocycles. The molecule has 0 atom stereocenters. The molecule has 0 fully saturated rings. The van der Waals surface area contributed by atoms with Gasteiger partial charge in [-0.2, -0.15) is 0 Å². The van der Waals surface area contributed by atoms with Crippen molar-refractivity contribution < 1.29 is 35.7 Å². The van der Waals surface area contributed by atoms with Gasteiger partial charge in [-0.05, 0) is 65.8 Å². The maximum absolute atomic E-state index is 10.3. The highest BCUT2D eigenvalue weighted by Gasteiger charge is 1.97. The second-order valence-corrected chi connectivity index (χ2v) is 9.91. The molecule has 196 valence electrons. The SMILES string of the molecule is CC[NH+](CC)CC.CC[NH+](CC)CC.O=S(=O)([O-])c1ccccc1.O=S(=O)([O-])c1ccccc1. The van der Waals surface area contributed by atoms with Gasteiger partial charge in [-0.15, -0.1) is 0 Å². The van der Waals surface area contributed by atoms with E-state index >= 15 is 0 Å². The highest BCUT2D eigenvalue weighted by atomic mass is 32.2. The van der Waals surface area contributed by atoms with Crippen molar-refractivity contribution in [2.45, 2.75) is 51.3 Å². The Kier molecular flexibility index (Phi) is 19.7. The minimum absolute atomic E-state index is 0.185. The van der Waals surface area contributed by atoms with Crippen molar-refractivity contribution in [2.24, 2.45) is 0 Å². The zero-order chi connectivity index (χ0) is 26.6. The molecule has 0 aliphatic carbocycles. The molecule has 34 heavy (non-hydrogen) atoms. The van der Waals surface area contributed by atoms with Crippen molar-refractivity contribution in [3.8, 4) is 0 Å². The molecule has 0 spiro atoms. The van der Waals surface area contributed by atoms with Crippen LogP contribution in [0, 0.1) is 0 Å². The maximum Gasteiger partial charge on any atom is 0.124 e. The van der Waals surface area contributed by atoms with Crippen molar-refractivity contribution in [1.82, 2.24) is 0 Å². The van der Waals surface area contributed by atoms with Crippen molar-refractivity contribution in [3.63, 3.8) is 0 Å². The summed E-state index contributed by atoms with van der Waals surface area (Å²) in [5.74, 6) is 0. The van der Waals surface area contributed by atoms with Crippen LogP contribution >= 0.6 is 0 Å². The summed E-state index contributed by atoms with van der Waals surface area (Å²) < 4.78 is 61.7. The van der Waals surface area contributed by atoms with E-state index in [1.165, 1.54) is 87.8 Å². The number of nitrogens with one attached hydrogen (secondary N) is 2. The molecule has 0 aliphatic heterocycles. The summed E-state index contributed by atoms with van der Waals surface area (Å²) in [6.45, 7) is 21.0. The average Bonchev–Trinajstić information content (AvgIpc) is 2.83. The second-order valence-electron chi connectivity index (χ2n) is 7.16. The summed E-state index contributed by atoms with van der Waals surface area (Å²) in [6.07, 6.45) is 0. The Hall–Kier alpha value is -1.82. The third-order valence-corrected chi connectivity index (χ3v) is 6.76. The molecule has 0 heterocycles. The molecule has 2 aromatic carbocycles. The van der Waals surface area contributed by atoms with Crippen LogP contribution < -0.4 is 9.80 Å². The minimum atomic E-state index is -4.25. The Balaban J connectivity index is 0. The van der Waals surface area contributed by atoms with Crippen LogP contribution in [-0.4, -0.2) is 65.2 Å². The van der Waals surface area contributed by atoms with Crippen LogP contribution in [0.25, 0.3) is 0 Å². The Bertz CT molecular complexity index is 839. The van der Waals surface area contributed by atoms with Crippen LogP contribution in [0.4, 0.5) is 0 Å². The van der Waals surface area contributed by atoms with Gasteiger partial charge in [0.15, 0.2) is 0 Å². The molecule has 8 nitrogen and oxygen atoms in total. The van der Waals surface area contributed by atoms with Gasteiger partial charge in [-0.25, -0.2) is 16.8 Å². The largest absolute Gasteiger partial charge is 0.744 e. The molecule has 0 saturated carbocycles. The molecule has 0 radical (unpaired) electrons. The van der Waals surface area contributed by atoms with Crippen molar-refractivity contribution in [1.29, 1.82) is 0 Å². The van der Waals surface area contributed by atoms with Crippen LogP contribution in [0.5, 0.6) is 0 Å². The smallest absolute Gasteiger partial charge is 0.124 e. The predicted molar refractivity (Wildman–Crippen MR) is 134 cm³/mol. The van der Waals surface area contributed by atoms with Crippen LogP contribution in [-0.2, 0) is 20.2 Å². The third kappa shape index (κ3) is 17.6. The van der Waals surface area contributed by atoms with Crippen molar-refractivity contribution in [2.75, 3.05) is 39.3 Å². The molecular weight excluding hydrogens is 476 g/mol. The summed E-state index contributed by atoms with van der Waals surface area (Å²) in [5.41, 5.74) is 0. The molecule has 10 heteroatoms. The monoisotopic (exact) mass is 518 g/mol. The lowest BCUT2D eigenvalue weighted by Crippen LogP contribution is -3.11. The van der Waals surface area contributed by atoms with E-state index in [0.717, 1.165) is 0 Å².